The first-order chi connectivity index (χ1) is 21.2. The SMILES string of the molecule is CCc1cccc2cccc(N3CCc4c(nc(OCC56CCCN5CCC6)nc4NC4CN(c5ccccn5)C4)C3)c12. The van der Waals surface area contributed by atoms with Crippen LogP contribution in [0.5, 0.6) is 6.01 Å². The lowest BCUT2D eigenvalue weighted by Gasteiger charge is -2.41. The summed E-state index contributed by atoms with van der Waals surface area (Å²) in [4.78, 5) is 22.1. The molecule has 4 aromatic rings. The van der Waals surface area contributed by atoms with Gasteiger partial charge in [-0.15, -0.1) is 0 Å². The number of hydrogen-bond acceptors (Lipinski definition) is 8. The number of anilines is 3. The van der Waals surface area contributed by atoms with Gasteiger partial charge in [-0.3, -0.25) is 4.90 Å². The second-order valence-corrected chi connectivity index (χ2v) is 12.7. The molecule has 0 aliphatic carbocycles. The molecule has 0 spiro atoms. The molecule has 43 heavy (non-hydrogen) atoms. The molecule has 0 saturated carbocycles. The summed E-state index contributed by atoms with van der Waals surface area (Å²) in [5, 5.41) is 6.46. The van der Waals surface area contributed by atoms with E-state index in [0.29, 0.717) is 18.7 Å². The third kappa shape index (κ3) is 4.85. The lowest BCUT2D eigenvalue weighted by molar-refractivity contribution is 0.107. The van der Waals surface area contributed by atoms with Gasteiger partial charge >= 0.3 is 6.01 Å². The second kappa shape index (κ2) is 11.0. The van der Waals surface area contributed by atoms with Crippen LogP contribution in [0.15, 0.2) is 60.8 Å². The molecule has 1 N–H and O–H groups in total. The molecular weight excluding hydrogens is 534 g/mol. The second-order valence-electron chi connectivity index (χ2n) is 12.7. The fraction of sp³-hybridized carbons (Fsp3) is 0.457. The molecule has 0 bridgehead atoms. The van der Waals surface area contributed by atoms with E-state index >= 15 is 0 Å². The molecule has 8 rings (SSSR count). The number of hydrogen-bond donors (Lipinski definition) is 1. The molecule has 8 heteroatoms. The molecule has 0 atom stereocenters. The van der Waals surface area contributed by atoms with Crippen molar-refractivity contribution in [2.75, 3.05) is 54.4 Å². The summed E-state index contributed by atoms with van der Waals surface area (Å²) in [5.41, 5.74) is 5.17. The van der Waals surface area contributed by atoms with Crippen molar-refractivity contribution >= 4 is 28.1 Å². The molecular formula is C35H41N7O. The van der Waals surface area contributed by atoms with Crippen molar-refractivity contribution in [2.45, 2.75) is 63.6 Å². The lowest BCUT2D eigenvalue weighted by Crippen LogP contribution is -2.55. The van der Waals surface area contributed by atoms with Gasteiger partial charge in [0.1, 0.15) is 18.2 Å². The molecule has 4 aliphatic heterocycles. The number of nitrogens with one attached hydrogen (secondary N) is 1. The Morgan fingerprint density at radius 3 is 2.56 bits per heavy atom. The van der Waals surface area contributed by atoms with Crippen molar-refractivity contribution in [1.29, 1.82) is 0 Å². The van der Waals surface area contributed by atoms with E-state index in [2.05, 4.69) is 74.4 Å². The Bertz CT molecular complexity index is 1600. The van der Waals surface area contributed by atoms with Crippen molar-refractivity contribution in [2.24, 2.45) is 0 Å². The third-order valence-corrected chi connectivity index (χ3v) is 10.2. The molecule has 3 fully saturated rings. The van der Waals surface area contributed by atoms with E-state index in [9.17, 15) is 0 Å². The first-order valence-electron chi connectivity index (χ1n) is 16.1. The van der Waals surface area contributed by atoms with Gasteiger partial charge in [0.15, 0.2) is 0 Å². The van der Waals surface area contributed by atoms with Crippen molar-refractivity contribution < 1.29 is 4.74 Å². The number of fused-ring (bicyclic) bond motifs is 3. The van der Waals surface area contributed by atoms with Gasteiger partial charge in [-0.2, -0.15) is 9.97 Å². The van der Waals surface area contributed by atoms with Crippen LogP contribution >= 0.6 is 0 Å². The summed E-state index contributed by atoms with van der Waals surface area (Å²) in [7, 11) is 0. The summed E-state index contributed by atoms with van der Waals surface area (Å²) >= 11 is 0. The van der Waals surface area contributed by atoms with Crippen molar-refractivity contribution in [3.05, 3.63) is 77.6 Å². The van der Waals surface area contributed by atoms with Gasteiger partial charge in [0.2, 0.25) is 0 Å². The zero-order chi connectivity index (χ0) is 28.8. The Morgan fingerprint density at radius 1 is 0.930 bits per heavy atom. The van der Waals surface area contributed by atoms with E-state index < -0.39 is 0 Å². The van der Waals surface area contributed by atoms with E-state index in [0.717, 1.165) is 56.4 Å². The van der Waals surface area contributed by atoms with Gasteiger partial charge in [0, 0.05) is 42.5 Å². The minimum atomic E-state index is 0.162. The topological polar surface area (TPSA) is 69.7 Å². The molecule has 0 amide bonds. The number of ether oxygens (including phenoxy) is 1. The standard InChI is InChI=1S/C35H41N7O/c1-2-25-9-5-10-26-11-6-12-30(32(25)26)40-20-14-28-29(23-40)38-34(43-24-35-15-7-18-42(35)19-8-16-35)39-33(28)37-27-21-41(22-27)31-13-3-4-17-36-31/h3-6,9-13,17,27H,2,7-8,14-16,18-24H2,1H3,(H,37,38,39). The zero-order valence-electron chi connectivity index (χ0n) is 25.1. The summed E-state index contributed by atoms with van der Waals surface area (Å²) in [6.07, 6.45) is 8.72. The van der Waals surface area contributed by atoms with Crippen LogP contribution in [-0.2, 0) is 19.4 Å². The molecule has 3 saturated heterocycles. The maximum absolute atomic E-state index is 6.53. The quantitative estimate of drug-likeness (QED) is 0.297. The molecule has 6 heterocycles. The number of aryl methyl sites for hydroxylation is 1. The Balaban J connectivity index is 1.08. The molecule has 222 valence electrons. The molecule has 0 radical (unpaired) electrons. The normalized spacial score (nSPS) is 19.7. The lowest BCUT2D eigenvalue weighted by atomic mass is 9.95. The maximum atomic E-state index is 6.53. The van der Waals surface area contributed by atoms with Gasteiger partial charge in [-0.1, -0.05) is 43.3 Å². The number of aromatic nitrogens is 3. The summed E-state index contributed by atoms with van der Waals surface area (Å²) in [6.45, 7) is 8.81. The van der Waals surface area contributed by atoms with E-state index in [1.54, 1.807) is 0 Å². The van der Waals surface area contributed by atoms with E-state index in [1.807, 2.05) is 18.3 Å². The monoisotopic (exact) mass is 575 g/mol. The van der Waals surface area contributed by atoms with Crippen LogP contribution in [0.1, 0.15) is 49.4 Å². The Morgan fingerprint density at radius 2 is 1.77 bits per heavy atom. The molecule has 2 aromatic heterocycles. The zero-order valence-corrected chi connectivity index (χ0v) is 25.1. The summed E-state index contributed by atoms with van der Waals surface area (Å²) in [6, 6.07) is 20.3. The van der Waals surface area contributed by atoms with Crippen LogP contribution in [0.25, 0.3) is 10.8 Å². The van der Waals surface area contributed by atoms with Crippen LogP contribution in [0.4, 0.5) is 17.3 Å². The highest BCUT2D eigenvalue weighted by molar-refractivity contribution is 5.97. The largest absolute Gasteiger partial charge is 0.461 e. The maximum Gasteiger partial charge on any atom is 0.318 e. The van der Waals surface area contributed by atoms with E-state index in [4.69, 9.17) is 14.7 Å². The van der Waals surface area contributed by atoms with Gasteiger partial charge in [-0.05, 0) is 80.8 Å². The minimum Gasteiger partial charge on any atom is -0.461 e. The number of benzene rings is 2. The van der Waals surface area contributed by atoms with Gasteiger partial charge in [-0.25, -0.2) is 4.98 Å². The average Bonchev–Trinajstić information content (AvgIpc) is 3.62. The Kier molecular flexibility index (Phi) is 6.82. The third-order valence-electron chi connectivity index (χ3n) is 10.2. The van der Waals surface area contributed by atoms with Crippen molar-refractivity contribution in [3.63, 3.8) is 0 Å². The van der Waals surface area contributed by atoms with Crippen LogP contribution < -0.4 is 19.9 Å². The fourth-order valence-corrected chi connectivity index (χ4v) is 7.90. The van der Waals surface area contributed by atoms with Crippen molar-refractivity contribution in [1.82, 2.24) is 19.9 Å². The molecule has 0 unspecified atom stereocenters. The van der Waals surface area contributed by atoms with E-state index in [-0.39, 0.29) is 5.54 Å². The number of nitrogens with zero attached hydrogens (tertiary/aromatic N) is 6. The Labute approximate surface area is 254 Å². The molecule has 2 aromatic carbocycles. The summed E-state index contributed by atoms with van der Waals surface area (Å²) in [5.74, 6) is 1.98. The molecule has 4 aliphatic rings. The first kappa shape index (κ1) is 26.7. The molecule has 8 nitrogen and oxygen atoms in total. The van der Waals surface area contributed by atoms with Gasteiger partial charge in [0.25, 0.3) is 0 Å². The van der Waals surface area contributed by atoms with E-state index in [1.165, 1.54) is 66.4 Å². The van der Waals surface area contributed by atoms with Crippen LogP contribution in [0.3, 0.4) is 0 Å². The highest BCUT2D eigenvalue weighted by atomic mass is 16.5. The first-order valence-corrected chi connectivity index (χ1v) is 16.1. The van der Waals surface area contributed by atoms with Gasteiger partial charge in [0.05, 0.1) is 23.8 Å². The highest BCUT2D eigenvalue weighted by Crippen LogP contribution is 2.40. The van der Waals surface area contributed by atoms with Crippen LogP contribution in [0, 0.1) is 0 Å². The predicted molar refractivity (Wildman–Crippen MR) is 172 cm³/mol. The average molecular weight is 576 g/mol. The van der Waals surface area contributed by atoms with Crippen molar-refractivity contribution in [3.8, 4) is 6.01 Å². The number of rotatable bonds is 8. The highest BCUT2D eigenvalue weighted by Gasteiger charge is 2.45. The Hall–Kier alpha value is -3.91. The van der Waals surface area contributed by atoms with Crippen LogP contribution in [-0.4, -0.2) is 70.8 Å². The smallest absolute Gasteiger partial charge is 0.318 e. The van der Waals surface area contributed by atoms with Gasteiger partial charge < -0.3 is 19.9 Å². The minimum absolute atomic E-state index is 0.162. The fourth-order valence-electron chi connectivity index (χ4n) is 7.90. The number of pyridine rings is 1. The predicted octanol–water partition coefficient (Wildman–Crippen LogP) is 5.46. The summed E-state index contributed by atoms with van der Waals surface area (Å²) < 4.78 is 6.53. The van der Waals surface area contributed by atoms with Crippen LogP contribution in [0.2, 0.25) is 0 Å².